The lowest BCUT2D eigenvalue weighted by Gasteiger charge is -2.08. The highest BCUT2D eigenvalue weighted by Gasteiger charge is 2.12. The maximum absolute atomic E-state index is 12.5. The molecule has 0 atom stereocenters. The summed E-state index contributed by atoms with van der Waals surface area (Å²) >= 11 is 0. The number of anilines is 1. The van der Waals surface area contributed by atoms with E-state index < -0.39 is 5.91 Å². The summed E-state index contributed by atoms with van der Waals surface area (Å²) in [7, 11) is 0. The highest BCUT2D eigenvalue weighted by atomic mass is 16.3. The molecule has 0 aliphatic carbocycles. The standard InChI is InChI=1S/C22H18N2O2/c1-2-15-7-10-18(11-8-15)24-22(26)17(14-23)13-20-19-6-4-3-5-16(19)9-12-21(20)25/h3-13,25H,2H2,1H3,(H,24,26)/b17-13-. The van der Waals surface area contributed by atoms with E-state index in [9.17, 15) is 15.2 Å². The third kappa shape index (κ3) is 3.57. The van der Waals surface area contributed by atoms with E-state index in [4.69, 9.17) is 0 Å². The molecule has 3 aromatic carbocycles. The van der Waals surface area contributed by atoms with Gasteiger partial charge in [0.15, 0.2) is 0 Å². The Morgan fingerprint density at radius 1 is 1.12 bits per heavy atom. The summed E-state index contributed by atoms with van der Waals surface area (Å²) in [6.45, 7) is 2.06. The van der Waals surface area contributed by atoms with Crippen LogP contribution in [0.15, 0.2) is 66.2 Å². The van der Waals surface area contributed by atoms with Crippen molar-refractivity contribution in [2.75, 3.05) is 5.32 Å². The van der Waals surface area contributed by atoms with Crippen LogP contribution in [0.1, 0.15) is 18.1 Å². The molecule has 3 rings (SSSR count). The number of carbonyl (C=O) groups excluding carboxylic acids is 1. The van der Waals surface area contributed by atoms with Gasteiger partial charge >= 0.3 is 0 Å². The first-order valence-corrected chi connectivity index (χ1v) is 8.35. The summed E-state index contributed by atoms with van der Waals surface area (Å²) in [6.07, 6.45) is 2.34. The number of benzene rings is 3. The first kappa shape index (κ1) is 17.2. The zero-order valence-corrected chi connectivity index (χ0v) is 14.4. The number of nitriles is 1. The van der Waals surface area contributed by atoms with Crippen LogP contribution >= 0.6 is 0 Å². The summed E-state index contributed by atoms with van der Waals surface area (Å²) in [4.78, 5) is 12.5. The first-order valence-electron chi connectivity index (χ1n) is 8.35. The molecule has 0 bridgehead atoms. The maximum atomic E-state index is 12.5. The summed E-state index contributed by atoms with van der Waals surface area (Å²) < 4.78 is 0. The van der Waals surface area contributed by atoms with Crippen molar-refractivity contribution in [1.82, 2.24) is 0 Å². The molecule has 0 unspecified atom stereocenters. The van der Waals surface area contributed by atoms with Crippen molar-refractivity contribution in [1.29, 1.82) is 5.26 Å². The molecule has 0 spiro atoms. The molecule has 4 nitrogen and oxygen atoms in total. The van der Waals surface area contributed by atoms with Crippen LogP contribution in [0.2, 0.25) is 0 Å². The summed E-state index contributed by atoms with van der Waals surface area (Å²) in [5.74, 6) is -0.486. The largest absolute Gasteiger partial charge is 0.507 e. The van der Waals surface area contributed by atoms with Gasteiger partial charge in [0.05, 0.1) is 0 Å². The molecule has 4 heteroatoms. The molecule has 0 fully saturated rings. The number of amides is 1. The van der Waals surface area contributed by atoms with Crippen LogP contribution in [0.3, 0.4) is 0 Å². The Balaban J connectivity index is 1.94. The van der Waals surface area contributed by atoms with Crippen LogP contribution in [0.25, 0.3) is 16.8 Å². The fraction of sp³-hybridized carbons (Fsp3) is 0.0909. The molecule has 3 aromatic rings. The van der Waals surface area contributed by atoms with Gasteiger partial charge in [-0.15, -0.1) is 0 Å². The SMILES string of the molecule is CCc1ccc(NC(=O)/C(C#N)=C\c2c(O)ccc3ccccc23)cc1. The minimum absolute atomic E-state index is 0.0246. The van der Waals surface area contributed by atoms with E-state index in [1.807, 2.05) is 42.5 Å². The average molecular weight is 342 g/mol. The molecule has 0 radical (unpaired) electrons. The van der Waals surface area contributed by atoms with Crippen LogP contribution in [-0.2, 0) is 11.2 Å². The molecule has 0 saturated carbocycles. The normalized spacial score (nSPS) is 11.2. The maximum Gasteiger partial charge on any atom is 0.266 e. The summed E-state index contributed by atoms with van der Waals surface area (Å²) in [6, 6.07) is 20.3. The fourth-order valence-corrected chi connectivity index (χ4v) is 2.75. The minimum atomic E-state index is -0.510. The van der Waals surface area contributed by atoms with Gasteiger partial charge in [-0.05, 0) is 47.0 Å². The Bertz CT molecular complexity index is 1030. The third-order valence-corrected chi connectivity index (χ3v) is 4.22. The van der Waals surface area contributed by atoms with E-state index >= 15 is 0 Å². The molecule has 2 N–H and O–H groups in total. The van der Waals surface area contributed by atoms with Crippen LogP contribution in [0, 0.1) is 11.3 Å². The average Bonchev–Trinajstić information content (AvgIpc) is 2.68. The number of carbonyl (C=O) groups is 1. The number of phenols is 1. The smallest absolute Gasteiger partial charge is 0.266 e. The van der Waals surface area contributed by atoms with Crippen molar-refractivity contribution in [3.8, 4) is 11.8 Å². The number of rotatable bonds is 4. The number of hydrogen-bond acceptors (Lipinski definition) is 3. The second kappa shape index (κ2) is 7.54. The molecule has 0 saturated heterocycles. The van der Waals surface area contributed by atoms with Crippen LogP contribution in [0.5, 0.6) is 5.75 Å². The van der Waals surface area contributed by atoms with Gasteiger partial charge in [-0.3, -0.25) is 4.79 Å². The van der Waals surface area contributed by atoms with Crippen molar-refractivity contribution in [2.45, 2.75) is 13.3 Å². The second-order valence-corrected chi connectivity index (χ2v) is 5.89. The van der Waals surface area contributed by atoms with Crippen molar-refractivity contribution in [3.05, 3.63) is 77.4 Å². The van der Waals surface area contributed by atoms with Crippen LogP contribution in [0.4, 0.5) is 5.69 Å². The topological polar surface area (TPSA) is 73.1 Å². The number of nitrogens with zero attached hydrogens (tertiary/aromatic N) is 1. The highest BCUT2D eigenvalue weighted by Crippen LogP contribution is 2.29. The van der Waals surface area contributed by atoms with Crippen molar-refractivity contribution >= 4 is 28.4 Å². The van der Waals surface area contributed by atoms with Gasteiger partial charge in [0.2, 0.25) is 0 Å². The lowest BCUT2D eigenvalue weighted by atomic mass is 10.0. The fourth-order valence-electron chi connectivity index (χ4n) is 2.75. The Morgan fingerprint density at radius 3 is 2.54 bits per heavy atom. The van der Waals surface area contributed by atoms with Gasteiger partial charge in [-0.2, -0.15) is 5.26 Å². The minimum Gasteiger partial charge on any atom is -0.507 e. The highest BCUT2D eigenvalue weighted by molar-refractivity contribution is 6.11. The lowest BCUT2D eigenvalue weighted by molar-refractivity contribution is -0.112. The number of nitrogens with one attached hydrogen (secondary N) is 1. The van der Waals surface area contributed by atoms with Crippen molar-refractivity contribution < 1.29 is 9.90 Å². The zero-order chi connectivity index (χ0) is 18.5. The van der Waals surface area contributed by atoms with Gasteiger partial charge < -0.3 is 10.4 Å². The molecular weight excluding hydrogens is 324 g/mol. The van der Waals surface area contributed by atoms with Crippen LogP contribution < -0.4 is 5.32 Å². The van der Waals surface area contributed by atoms with Gasteiger partial charge in [0.1, 0.15) is 17.4 Å². The quantitative estimate of drug-likeness (QED) is 0.535. The molecular formula is C22H18N2O2. The molecule has 0 aliphatic rings. The summed E-state index contributed by atoms with van der Waals surface area (Å²) in [5, 5.41) is 24.0. The van der Waals surface area contributed by atoms with E-state index in [1.54, 1.807) is 24.3 Å². The molecule has 0 aliphatic heterocycles. The number of hydrogen-bond donors (Lipinski definition) is 2. The van der Waals surface area contributed by atoms with Gasteiger partial charge in [-0.1, -0.05) is 49.4 Å². The van der Waals surface area contributed by atoms with E-state index in [-0.39, 0.29) is 11.3 Å². The monoisotopic (exact) mass is 342 g/mol. The second-order valence-electron chi connectivity index (χ2n) is 5.89. The number of phenolic OH excluding ortho intramolecular Hbond substituents is 1. The van der Waals surface area contributed by atoms with Gasteiger partial charge in [-0.25, -0.2) is 0 Å². The Morgan fingerprint density at radius 2 is 1.85 bits per heavy atom. The molecule has 128 valence electrons. The molecule has 0 aromatic heterocycles. The summed E-state index contributed by atoms with van der Waals surface area (Å²) in [5.41, 5.74) is 2.17. The number of aromatic hydroxyl groups is 1. The molecule has 26 heavy (non-hydrogen) atoms. The first-order chi connectivity index (χ1) is 12.6. The third-order valence-electron chi connectivity index (χ3n) is 4.22. The predicted molar refractivity (Wildman–Crippen MR) is 104 cm³/mol. The van der Waals surface area contributed by atoms with E-state index in [0.29, 0.717) is 11.3 Å². The van der Waals surface area contributed by atoms with Crippen molar-refractivity contribution in [2.24, 2.45) is 0 Å². The molecule has 0 heterocycles. The number of fused-ring (bicyclic) bond motifs is 1. The van der Waals surface area contributed by atoms with Crippen molar-refractivity contribution in [3.63, 3.8) is 0 Å². The van der Waals surface area contributed by atoms with E-state index in [1.165, 1.54) is 11.6 Å². The predicted octanol–water partition coefficient (Wildman–Crippen LogP) is 4.65. The van der Waals surface area contributed by atoms with E-state index in [0.717, 1.165) is 17.2 Å². The van der Waals surface area contributed by atoms with Gasteiger partial charge in [0.25, 0.3) is 5.91 Å². The van der Waals surface area contributed by atoms with Gasteiger partial charge in [0, 0.05) is 11.3 Å². The molecule has 1 amide bonds. The Kier molecular flexibility index (Phi) is 5.00. The zero-order valence-electron chi connectivity index (χ0n) is 14.4. The Labute approximate surface area is 152 Å². The number of aryl methyl sites for hydroxylation is 1. The Hall–Kier alpha value is -3.58. The van der Waals surface area contributed by atoms with E-state index in [2.05, 4.69) is 12.2 Å². The van der Waals surface area contributed by atoms with Crippen LogP contribution in [-0.4, -0.2) is 11.0 Å². The lowest BCUT2D eigenvalue weighted by Crippen LogP contribution is -2.13.